The molecule has 0 aliphatic carbocycles. The Hall–Kier alpha value is -3.09. The number of furan rings is 1. The number of thioether (sulfide) groups is 1. The topological polar surface area (TPSA) is 50.5 Å². The number of benzene rings is 3. The summed E-state index contributed by atoms with van der Waals surface area (Å²) in [6.45, 7) is 0.244. The van der Waals surface area contributed by atoms with Crippen LogP contribution in [0.15, 0.2) is 92.7 Å². The quantitative estimate of drug-likeness (QED) is 0.287. The van der Waals surface area contributed by atoms with Crippen molar-refractivity contribution >= 4 is 55.7 Å². The van der Waals surface area contributed by atoms with E-state index in [1.807, 2.05) is 72.8 Å². The van der Waals surface area contributed by atoms with Crippen LogP contribution in [0.5, 0.6) is 0 Å². The number of nitrogens with zero attached hydrogens (tertiary/aromatic N) is 1. The van der Waals surface area contributed by atoms with Crippen LogP contribution < -0.4 is 0 Å². The van der Waals surface area contributed by atoms with E-state index in [9.17, 15) is 9.59 Å². The summed E-state index contributed by atoms with van der Waals surface area (Å²) in [4.78, 5) is 27.0. The third-order valence-electron chi connectivity index (χ3n) is 5.04. The van der Waals surface area contributed by atoms with E-state index in [0.717, 1.165) is 38.1 Å². The standard InChI is InChI=1S/C25H16BrNO3S/c26-20-7-3-6-19(13-20)22-11-10-21(30-22)14-23-24(28)27(25(29)31-23)15-16-8-9-17-4-1-2-5-18(17)12-16/h1-14H,15H2/b23-14-. The average molecular weight is 490 g/mol. The number of carbonyl (C=O) groups is 2. The summed E-state index contributed by atoms with van der Waals surface area (Å²) in [5.41, 5.74) is 1.84. The Bertz CT molecular complexity index is 1360. The van der Waals surface area contributed by atoms with Crippen LogP contribution in [0.25, 0.3) is 28.2 Å². The first-order valence-electron chi connectivity index (χ1n) is 9.66. The lowest BCUT2D eigenvalue weighted by Crippen LogP contribution is -2.27. The molecule has 2 amide bonds. The molecule has 0 radical (unpaired) electrons. The molecule has 152 valence electrons. The molecule has 4 aromatic rings. The first kappa shape index (κ1) is 19.8. The van der Waals surface area contributed by atoms with Gasteiger partial charge in [-0.1, -0.05) is 64.5 Å². The van der Waals surface area contributed by atoms with Gasteiger partial charge in [-0.25, -0.2) is 0 Å². The number of hydrogen-bond acceptors (Lipinski definition) is 4. The van der Waals surface area contributed by atoms with Gasteiger partial charge in [-0.3, -0.25) is 14.5 Å². The Balaban J connectivity index is 1.36. The zero-order chi connectivity index (χ0) is 21.4. The van der Waals surface area contributed by atoms with E-state index in [0.29, 0.717) is 16.4 Å². The number of carbonyl (C=O) groups excluding carboxylic acids is 2. The van der Waals surface area contributed by atoms with Gasteiger partial charge < -0.3 is 4.42 Å². The van der Waals surface area contributed by atoms with Crippen molar-refractivity contribution in [2.24, 2.45) is 0 Å². The summed E-state index contributed by atoms with van der Waals surface area (Å²) in [7, 11) is 0. The molecular weight excluding hydrogens is 474 g/mol. The molecule has 4 nitrogen and oxygen atoms in total. The Morgan fingerprint density at radius 1 is 0.903 bits per heavy atom. The van der Waals surface area contributed by atoms with Gasteiger partial charge in [0.2, 0.25) is 0 Å². The highest BCUT2D eigenvalue weighted by Crippen LogP contribution is 2.34. The number of imide groups is 1. The largest absolute Gasteiger partial charge is 0.457 e. The minimum atomic E-state index is -0.302. The monoisotopic (exact) mass is 489 g/mol. The van der Waals surface area contributed by atoms with Crippen molar-refractivity contribution in [3.05, 3.63) is 99.6 Å². The summed E-state index contributed by atoms with van der Waals surface area (Å²) in [6.07, 6.45) is 1.63. The van der Waals surface area contributed by atoms with Crippen molar-refractivity contribution in [3.63, 3.8) is 0 Å². The molecule has 1 fully saturated rings. The lowest BCUT2D eigenvalue weighted by atomic mass is 10.1. The highest BCUT2D eigenvalue weighted by Gasteiger charge is 2.35. The van der Waals surface area contributed by atoms with Crippen LogP contribution >= 0.6 is 27.7 Å². The first-order valence-corrected chi connectivity index (χ1v) is 11.3. The number of hydrogen-bond donors (Lipinski definition) is 0. The normalized spacial score (nSPS) is 15.4. The predicted octanol–water partition coefficient (Wildman–Crippen LogP) is 7.10. The van der Waals surface area contributed by atoms with Crippen molar-refractivity contribution in [2.45, 2.75) is 6.54 Å². The molecule has 6 heteroatoms. The van der Waals surface area contributed by atoms with Crippen molar-refractivity contribution in [2.75, 3.05) is 0 Å². The molecule has 0 saturated carbocycles. The maximum atomic E-state index is 12.9. The molecule has 0 N–H and O–H groups in total. The molecule has 0 atom stereocenters. The third-order valence-corrected chi connectivity index (χ3v) is 6.44. The molecule has 1 aromatic heterocycles. The smallest absolute Gasteiger partial charge is 0.293 e. The number of fused-ring (bicyclic) bond motifs is 1. The van der Waals surface area contributed by atoms with Crippen molar-refractivity contribution in [3.8, 4) is 11.3 Å². The Morgan fingerprint density at radius 3 is 2.58 bits per heavy atom. The highest BCUT2D eigenvalue weighted by molar-refractivity contribution is 9.10. The summed E-state index contributed by atoms with van der Waals surface area (Å²) < 4.78 is 6.84. The number of halogens is 1. The molecule has 2 heterocycles. The van der Waals surface area contributed by atoms with E-state index in [2.05, 4.69) is 15.9 Å². The first-order chi connectivity index (χ1) is 15.1. The van der Waals surface area contributed by atoms with Crippen LogP contribution in [0, 0.1) is 0 Å². The SMILES string of the molecule is O=C1S/C(=C\c2ccc(-c3cccc(Br)c3)o2)C(=O)N1Cc1ccc2ccccc2c1. The molecule has 1 aliphatic heterocycles. The second-order valence-corrected chi connectivity index (χ2v) is 9.07. The molecule has 0 bridgehead atoms. The van der Waals surface area contributed by atoms with E-state index in [-0.39, 0.29) is 17.7 Å². The van der Waals surface area contributed by atoms with E-state index in [4.69, 9.17) is 4.42 Å². The molecule has 31 heavy (non-hydrogen) atoms. The average Bonchev–Trinajstić information content (AvgIpc) is 3.34. The predicted molar refractivity (Wildman–Crippen MR) is 127 cm³/mol. The van der Waals surface area contributed by atoms with Gasteiger partial charge in [0.1, 0.15) is 11.5 Å². The number of rotatable bonds is 4. The van der Waals surface area contributed by atoms with E-state index in [1.54, 1.807) is 12.1 Å². The molecule has 3 aromatic carbocycles. The Morgan fingerprint density at radius 2 is 1.74 bits per heavy atom. The summed E-state index contributed by atoms with van der Waals surface area (Å²) >= 11 is 4.39. The zero-order valence-electron chi connectivity index (χ0n) is 16.2. The van der Waals surface area contributed by atoms with Gasteiger partial charge in [0.25, 0.3) is 11.1 Å². The van der Waals surface area contributed by atoms with E-state index < -0.39 is 0 Å². The van der Waals surface area contributed by atoms with Gasteiger partial charge in [0, 0.05) is 16.1 Å². The minimum absolute atomic E-state index is 0.244. The molecular formula is C25H16BrNO3S. The van der Waals surface area contributed by atoms with Gasteiger partial charge in [0.05, 0.1) is 11.4 Å². The molecule has 1 saturated heterocycles. The molecule has 0 spiro atoms. The van der Waals surface area contributed by atoms with Gasteiger partial charge in [-0.2, -0.15) is 0 Å². The van der Waals surface area contributed by atoms with Gasteiger partial charge in [-0.05, 0) is 58.4 Å². The summed E-state index contributed by atoms with van der Waals surface area (Å²) in [5, 5.41) is 1.93. The molecule has 1 aliphatic rings. The molecule has 5 rings (SSSR count). The van der Waals surface area contributed by atoms with Crippen LogP contribution in [-0.4, -0.2) is 16.0 Å². The van der Waals surface area contributed by atoms with Crippen LogP contribution in [0.3, 0.4) is 0 Å². The van der Waals surface area contributed by atoms with Crippen LogP contribution in [0.1, 0.15) is 11.3 Å². The Labute approximate surface area is 191 Å². The molecule has 0 unspecified atom stereocenters. The number of amides is 2. The Kier molecular flexibility index (Phi) is 5.26. The third kappa shape index (κ3) is 4.09. The van der Waals surface area contributed by atoms with E-state index in [1.165, 1.54) is 4.90 Å². The fourth-order valence-corrected chi connectivity index (χ4v) is 4.73. The fraction of sp³-hybridized carbons (Fsp3) is 0.0400. The lowest BCUT2D eigenvalue weighted by Gasteiger charge is -2.13. The van der Waals surface area contributed by atoms with Gasteiger partial charge in [-0.15, -0.1) is 0 Å². The minimum Gasteiger partial charge on any atom is -0.457 e. The second kappa shape index (κ2) is 8.21. The van der Waals surface area contributed by atoms with Crippen molar-refractivity contribution in [1.29, 1.82) is 0 Å². The maximum absolute atomic E-state index is 12.9. The fourth-order valence-electron chi connectivity index (χ4n) is 3.51. The maximum Gasteiger partial charge on any atom is 0.293 e. The van der Waals surface area contributed by atoms with Crippen LogP contribution in [0.4, 0.5) is 4.79 Å². The second-order valence-electron chi connectivity index (χ2n) is 7.16. The zero-order valence-corrected chi connectivity index (χ0v) is 18.7. The van der Waals surface area contributed by atoms with Crippen LogP contribution in [0.2, 0.25) is 0 Å². The van der Waals surface area contributed by atoms with Gasteiger partial charge in [0.15, 0.2) is 0 Å². The van der Waals surface area contributed by atoms with Gasteiger partial charge >= 0.3 is 0 Å². The van der Waals surface area contributed by atoms with E-state index >= 15 is 0 Å². The lowest BCUT2D eigenvalue weighted by molar-refractivity contribution is -0.123. The van der Waals surface area contributed by atoms with Crippen molar-refractivity contribution in [1.82, 2.24) is 4.90 Å². The van der Waals surface area contributed by atoms with Crippen molar-refractivity contribution < 1.29 is 14.0 Å². The highest BCUT2D eigenvalue weighted by atomic mass is 79.9. The summed E-state index contributed by atoms with van der Waals surface area (Å²) in [5.74, 6) is 0.928. The summed E-state index contributed by atoms with van der Waals surface area (Å²) in [6, 6.07) is 25.4. The van der Waals surface area contributed by atoms with Crippen LogP contribution in [-0.2, 0) is 11.3 Å².